The number of furan rings is 1. The van der Waals surface area contributed by atoms with E-state index in [1.807, 2.05) is 0 Å². The van der Waals surface area contributed by atoms with Crippen molar-refractivity contribution in [2.24, 2.45) is 0 Å². The molecule has 0 fully saturated rings. The molecule has 0 aliphatic carbocycles. The van der Waals surface area contributed by atoms with Gasteiger partial charge < -0.3 is 9.15 Å². The van der Waals surface area contributed by atoms with Gasteiger partial charge in [0.05, 0.1) is 0 Å². The molecule has 1 aromatic heterocycles. The number of carbonyl (C=O) groups excluding carboxylic acids is 2. The standard InChI is InChI=1S/C14H15NO4/c1-14(2,3)19-13(17)15-12-9-6-4-5-7-10(9)18-11(12)8-16/h4-8H,1-3H3,(H,15,17). The van der Waals surface area contributed by atoms with E-state index in [0.29, 0.717) is 22.9 Å². The number of hydrogen-bond donors (Lipinski definition) is 1. The lowest BCUT2D eigenvalue weighted by Gasteiger charge is -2.19. The Kier molecular flexibility index (Phi) is 3.29. The summed E-state index contributed by atoms with van der Waals surface area (Å²) in [6, 6.07) is 7.07. The quantitative estimate of drug-likeness (QED) is 0.839. The van der Waals surface area contributed by atoms with Crippen molar-refractivity contribution in [1.82, 2.24) is 0 Å². The van der Waals surface area contributed by atoms with Gasteiger partial charge in [-0.05, 0) is 32.9 Å². The molecule has 100 valence electrons. The van der Waals surface area contributed by atoms with E-state index in [1.54, 1.807) is 45.0 Å². The number of para-hydroxylation sites is 1. The number of hydrogen-bond acceptors (Lipinski definition) is 4. The molecule has 0 aliphatic rings. The third-order valence-corrected chi connectivity index (χ3v) is 2.36. The van der Waals surface area contributed by atoms with Crippen molar-refractivity contribution in [2.75, 3.05) is 5.32 Å². The summed E-state index contributed by atoms with van der Waals surface area (Å²) in [6.07, 6.45) is -0.0608. The Labute approximate surface area is 110 Å². The summed E-state index contributed by atoms with van der Waals surface area (Å²) in [4.78, 5) is 22.7. The number of nitrogens with one attached hydrogen (secondary N) is 1. The van der Waals surface area contributed by atoms with Crippen LogP contribution in [0.5, 0.6) is 0 Å². The number of ether oxygens (including phenoxy) is 1. The van der Waals surface area contributed by atoms with E-state index in [4.69, 9.17) is 9.15 Å². The van der Waals surface area contributed by atoms with E-state index in [1.165, 1.54) is 0 Å². The number of benzene rings is 1. The maximum Gasteiger partial charge on any atom is 0.412 e. The van der Waals surface area contributed by atoms with Crippen LogP contribution < -0.4 is 5.32 Å². The van der Waals surface area contributed by atoms with Crippen molar-refractivity contribution in [3.63, 3.8) is 0 Å². The van der Waals surface area contributed by atoms with Gasteiger partial charge in [-0.15, -0.1) is 0 Å². The Balaban J connectivity index is 2.34. The summed E-state index contributed by atoms with van der Waals surface area (Å²) < 4.78 is 10.5. The monoisotopic (exact) mass is 261 g/mol. The van der Waals surface area contributed by atoms with Crippen molar-refractivity contribution < 1.29 is 18.7 Å². The molecule has 0 unspecified atom stereocenters. The second-order valence-electron chi connectivity index (χ2n) is 5.08. The molecule has 1 N–H and O–H groups in total. The van der Waals surface area contributed by atoms with Crippen molar-refractivity contribution in [3.05, 3.63) is 30.0 Å². The highest BCUT2D eigenvalue weighted by molar-refractivity contribution is 6.05. The molecular formula is C14H15NO4. The van der Waals surface area contributed by atoms with Gasteiger partial charge in [-0.25, -0.2) is 4.79 Å². The third-order valence-electron chi connectivity index (χ3n) is 2.36. The van der Waals surface area contributed by atoms with Gasteiger partial charge in [-0.3, -0.25) is 10.1 Å². The van der Waals surface area contributed by atoms with E-state index in [9.17, 15) is 9.59 Å². The minimum absolute atomic E-state index is 0.0760. The zero-order valence-electron chi connectivity index (χ0n) is 11.0. The van der Waals surface area contributed by atoms with Crippen molar-refractivity contribution in [1.29, 1.82) is 0 Å². The molecule has 0 aliphatic heterocycles. The fourth-order valence-corrected chi connectivity index (χ4v) is 1.68. The van der Waals surface area contributed by atoms with Gasteiger partial charge in [0.25, 0.3) is 0 Å². The first-order chi connectivity index (χ1) is 8.90. The summed E-state index contributed by atoms with van der Waals surface area (Å²) in [6.45, 7) is 5.29. The first-order valence-electron chi connectivity index (χ1n) is 5.87. The number of anilines is 1. The van der Waals surface area contributed by atoms with Crippen molar-refractivity contribution in [2.45, 2.75) is 26.4 Å². The molecule has 0 saturated carbocycles. The molecule has 0 spiro atoms. The van der Waals surface area contributed by atoms with E-state index >= 15 is 0 Å². The Morgan fingerprint density at radius 1 is 1.32 bits per heavy atom. The molecule has 0 saturated heterocycles. The summed E-state index contributed by atoms with van der Waals surface area (Å²) in [5.41, 5.74) is 0.265. The number of amides is 1. The predicted octanol–water partition coefficient (Wildman–Crippen LogP) is 3.59. The van der Waals surface area contributed by atoms with Crippen LogP contribution in [-0.4, -0.2) is 18.0 Å². The van der Waals surface area contributed by atoms with Gasteiger partial charge in [0, 0.05) is 5.39 Å². The van der Waals surface area contributed by atoms with Gasteiger partial charge in [0.1, 0.15) is 16.9 Å². The van der Waals surface area contributed by atoms with Gasteiger partial charge in [-0.1, -0.05) is 12.1 Å². The molecule has 2 rings (SSSR count). The highest BCUT2D eigenvalue weighted by Gasteiger charge is 2.20. The highest BCUT2D eigenvalue weighted by Crippen LogP contribution is 2.30. The van der Waals surface area contributed by atoms with E-state index in [-0.39, 0.29) is 5.76 Å². The van der Waals surface area contributed by atoms with Crippen LogP contribution in [0, 0.1) is 0 Å². The van der Waals surface area contributed by atoms with Gasteiger partial charge in [-0.2, -0.15) is 0 Å². The molecule has 1 amide bonds. The van der Waals surface area contributed by atoms with Crippen LogP contribution in [0.4, 0.5) is 10.5 Å². The number of rotatable bonds is 2. The lowest BCUT2D eigenvalue weighted by Crippen LogP contribution is -2.27. The molecule has 0 radical (unpaired) electrons. The molecule has 19 heavy (non-hydrogen) atoms. The van der Waals surface area contributed by atoms with Crippen LogP contribution in [0.15, 0.2) is 28.7 Å². The fourth-order valence-electron chi connectivity index (χ4n) is 1.68. The smallest absolute Gasteiger partial charge is 0.412 e. The van der Waals surface area contributed by atoms with E-state index in [0.717, 1.165) is 0 Å². The maximum absolute atomic E-state index is 11.7. The second-order valence-corrected chi connectivity index (χ2v) is 5.08. The fraction of sp³-hybridized carbons (Fsp3) is 0.286. The summed E-state index contributed by atoms with van der Waals surface area (Å²) in [5, 5.41) is 3.22. The SMILES string of the molecule is CC(C)(C)OC(=O)Nc1c(C=O)oc2ccccc12. The Morgan fingerprint density at radius 2 is 2.00 bits per heavy atom. The zero-order valence-corrected chi connectivity index (χ0v) is 11.0. The number of aldehydes is 1. The molecule has 5 heteroatoms. The average molecular weight is 261 g/mol. The number of fused-ring (bicyclic) bond motifs is 1. The third kappa shape index (κ3) is 2.93. The maximum atomic E-state index is 11.7. The molecule has 5 nitrogen and oxygen atoms in total. The lowest BCUT2D eigenvalue weighted by molar-refractivity contribution is 0.0636. The average Bonchev–Trinajstić information content (AvgIpc) is 2.65. The van der Waals surface area contributed by atoms with Crippen molar-refractivity contribution >= 4 is 29.0 Å². The topological polar surface area (TPSA) is 68.5 Å². The molecule has 1 heterocycles. The minimum Gasteiger partial charge on any atom is -0.451 e. The van der Waals surface area contributed by atoms with Crippen LogP contribution in [0.25, 0.3) is 11.0 Å². The summed E-state index contributed by atoms with van der Waals surface area (Å²) in [5.74, 6) is 0.0760. The number of carbonyl (C=O) groups is 2. The van der Waals surface area contributed by atoms with Crippen LogP contribution >= 0.6 is 0 Å². The normalized spacial score (nSPS) is 11.3. The molecule has 1 aromatic carbocycles. The van der Waals surface area contributed by atoms with Gasteiger partial charge >= 0.3 is 6.09 Å². The van der Waals surface area contributed by atoms with Crippen molar-refractivity contribution in [3.8, 4) is 0 Å². The van der Waals surface area contributed by atoms with Gasteiger partial charge in [0.2, 0.25) is 0 Å². The van der Waals surface area contributed by atoms with Crippen LogP contribution in [0.1, 0.15) is 31.3 Å². The Hall–Kier alpha value is -2.30. The van der Waals surface area contributed by atoms with Gasteiger partial charge in [0.15, 0.2) is 12.0 Å². The molecular weight excluding hydrogens is 246 g/mol. The van der Waals surface area contributed by atoms with E-state index in [2.05, 4.69) is 5.32 Å². The minimum atomic E-state index is -0.623. The highest BCUT2D eigenvalue weighted by atomic mass is 16.6. The second kappa shape index (κ2) is 4.76. The summed E-state index contributed by atoms with van der Waals surface area (Å²) >= 11 is 0. The van der Waals surface area contributed by atoms with Crippen LogP contribution in [0.2, 0.25) is 0 Å². The predicted molar refractivity (Wildman–Crippen MR) is 71.5 cm³/mol. The Morgan fingerprint density at radius 3 is 2.63 bits per heavy atom. The van der Waals surface area contributed by atoms with E-state index < -0.39 is 11.7 Å². The molecule has 0 bridgehead atoms. The first kappa shape index (κ1) is 13.1. The molecule has 0 atom stereocenters. The van der Waals surface area contributed by atoms with Crippen LogP contribution in [0.3, 0.4) is 0 Å². The lowest BCUT2D eigenvalue weighted by atomic mass is 10.2. The first-order valence-corrected chi connectivity index (χ1v) is 5.87. The zero-order chi connectivity index (χ0) is 14.0. The largest absolute Gasteiger partial charge is 0.451 e. The van der Waals surface area contributed by atoms with Crippen LogP contribution in [-0.2, 0) is 4.74 Å². The Bertz CT molecular complexity index is 622. The summed E-state index contributed by atoms with van der Waals surface area (Å²) in [7, 11) is 0. The molecule has 2 aromatic rings.